The Morgan fingerprint density at radius 1 is 1.23 bits per heavy atom. The molecule has 0 amide bonds. The molecular weight excluding hydrogens is 401 g/mol. The Labute approximate surface area is 159 Å². The molecule has 0 aromatic heterocycles. The molecule has 1 N–H and O–H groups in total. The molecule has 0 heterocycles. The van der Waals surface area contributed by atoms with Crippen molar-refractivity contribution in [3.05, 3.63) is 63.0 Å². The first-order valence-electron chi connectivity index (χ1n) is 7.01. The minimum absolute atomic E-state index is 0.0778. The zero-order chi connectivity index (χ0) is 19.3. The maximum atomic E-state index is 12.7. The van der Waals surface area contributed by atoms with E-state index in [0.717, 1.165) is 12.1 Å². The number of benzene rings is 2. The van der Waals surface area contributed by atoms with Gasteiger partial charge in [-0.15, -0.1) is 0 Å². The van der Waals surface area contributed by atoms with E-state index in [0.29, 0.717) is 0 Å². The average molecular weight is 412 g/mol. The van der Waals surface area contributed by atoms with Crippen molar-refractivity contribution in [3.63, 3.8) is 0 Å². The quantitative estimate of drug-likeness (QED) is 0.724. The summed E-state index contributed by atoms with van der Waals surface area (Å²) in [6.07, 6.45) is 1.09. The van der Waals surface area contributed by atoms with Gasteiger partial charge >= 0.3 is 5.97 Å². The molecular formula is C17H11Cl2NO5S. The van der Waals surface area contributed by atoms with Crippen molar-refractivity contribution in [3.8, 4) is 11.8 Å². The molecule has 0 bridgehead atoms. The van der Waals surface area contributed by atoms with Crippen LogP contribution in [0.25, 0.3) is 6.08 Å². The Hall–Kier alpha value is -2.53. The van der Waals surface area contributed by atoms with Gasteiger partial charge in [0.25, 0.3) is 0 Å². The largest absolute Gasteiger partial charge is 0.481 e. The lowest BCUT2D eigenvalue weighted by Crippen LogP contribution is -2.10. The first-order valence-corrected chi connectivity index (χ1v) is 9.25. The van der Waals surface area contributed by atoms with Gasteiger partial charge in [0.2, 0.25) is 9.84 Å². The number of para-hydroxylation sites is 1. The molecule has 0 spiro atoms. The highest BCUT2D eigenvalue weighted by molar-refractivity contribution is 7.95. The van der Waals surface area contributed by atoms with Crippen LogP contribution in [0.3, 0.4) is 0 Å². The van der Waals surface area contributed by atoms with Crippen molar-refractivity contribution in [1.29, 1.82) is 5.26 Å². The van der Waals surface area contributed by atoms with Crippen LogP contribution in [-0.4, -0.2) is 26.1 Å². The lowest BCUT2D eigenvalue weighted by atomic mass is 10.2. The number of halogens is 2. The number of hydrogen-bond donors (Lipinski definition) is 1. The number of carboxylic acids is 1. The van der Waals surface area contributed by atoms with Gasteiger partial charge in [0, 0.05) is 10.6 Å². The lowest BCUT2D eigenvalue weighted by Gasteiger charge is -2.09. The Balaban J connectivity index is 2.53. The summed E-state index contributed by atoms with van der Waals surface area (Å²) in [5, 5.41) is 18.1. The third kappa shape index (κ3) is 4.55. The number of nitrogens with zero attached hydrogens (tertiary/aromatic N) is 1. The normalized spacial score (nSPS) is 11.7. The number of rotatable bonds is 6. The Morgan fingerprint density at radius 2 is 1.92 bits per heavy atom. The standard InChI is InChI=1S/C17H11Cl2NO5S/c18-12-5-6-14(19)16(8-12)26(23,24)13(9-20)7-11-3-1-2-4-15(11)25-10-17(21)22/h1-8H,10H2,(H,21,22)/b13-7+. The van der Waals surface area contributed by atoms with Crippen molar-refractivity contribution in [2.75, 3.05) is 6.61 Å². The van der Waals surface area contributed by atoms with Gasteiger partial charge in [-0.3, -0.25) is 0 Å². The fraction of sp³-hybridized carbons (Fsp3) is 0.0588. The number of hydrogen-bond acceptors (Lipinski definition) is 5. The molecule has 0 atom stereocenters. The van der Waals surface area contributed by atoms with Crippen LogP contribution >= 0.6 is 23.2 Å². The SMILES string of the molecule is N#C/C(=C\c1ccccc1OCC(=O)O)S(=O)(=O)c1cc(Cl)ccc1Cl. The summed E-state index contributed by atoms with van der Waals surface area (Å²) in [4.78, 5) is 9.77. The molecule has 2 aromatic rings. The highest BCUT2D eigenvalue weighted by Gasteiger charge is 2.24. The number of ether oxygens (including phenoxy) is 1. The van der Waals surface area contributed by atoms with Crippen molar-refractivity contribution < 1.29 is 23.1 Å². The van der Waals surface area contributed by atoms with E-state index in [4.69, 9.17) is 33.0 Å². The molecule has 2 aromatic carbocycles. The topological polar surface area (TPSA) is 104 Å². The highest BCUT2D eigenvalue weighted by Crippen LogP contribution is 2.31. The Morgan fingerprint density at radius 3 is 2.58 bits per heavy atom. The van der Waals surface area contributed by atoms with Crippen LogP contribution in [0.4, 0.5) is 0 Å². The van der Waals surface area contributed by atoms with E-state index in [1.165, 1.54) is 24.3 Å². The monoisotopic (exact) mass is 411 g/mol. The van der Waals surface area contributed by atoms with Gasteiger partial charge in [0.05, 0.1) is 9.92 Å². The van der Waals surface area contributed by atoms with Gasteiger partial charge in [-0.2, -0.15) is 5.26 Å². The summed E-state index contributed by atoms with van der Waals surface area (Å²) >= 11 is 11.8. The minimum Gasteiger partial charge on any atom is -0.481 e. The number of nitriles is 1. The molecule has 0 unspecified atom stereocenters. The van der Waals surface area contributed by atoms with Crippen molar-refractivity contribution in [2.24, 2.45) is 0 Å². The maximum Gasteiger partial charge on any atom is 0.341 e. The van der Waals surface area contributed by atoms with Crippen LogP contribution in [-0.2, 0) is 14.6 Å². The first kappa shape index (κ1) is 19.8. The highest BCUT2D eigenvalue weighted by atomic mass is 35.5. The van der Waals surface area contributed by atoms with Gasteiger partial charge in [-0.25, -0.2) is 13.2 Å². The number of carboxylic acid groups (broad SMARTS) is 1. The molecule has 0 aliphatic rings. The van der Waals surface area contributed by atoms with Crippen molar-refractivity contribution in [1.82, 2.24) is 0 Å². The van der Waals surface area contributed by atoms with Gasteiger partial charge in [-0.05, 0) is 30.3 Å². The third-order valence-corrected chi connectivity index (χ3v) is 5.52. The molecule has 0 aliphatic heterocycles. The fourth-order valence-corrected chi connectivity index (χ4v) is 3.89. The van der Waals surface area contributed by atoms with Crippen LogP contribution in [0.1, 0.15) is 5.56 Å². The second-order valence-electron chi connectivity index (χ2n) is 4.92. The van der Waals surface area contributed by atoms with Crippen LogP contribution in [0.15, 0.2) is 52.3 Å². The second-order valence-corrected chi connectivity index (χ2v) is 7.65. The summed E-state index contributed by atoms with van der Waals surface area (Å²) in [7, 11) is -4.24. The molecule has 9 heteroatoms. The van der Waals surface area contributed by atoms with E-state index in [-0.39, 0.29) is 26.3 Å². The van der Waals surface area contributed by atoms with Crippen LogP contribution in [0.5, 0.6) is 5.75 Å². The average Bonchev–Trinajstić information content (AvgIpc) is 2.60. The summed E-state index contributed by atoms with van der Waals surface area (Å²) in [5.41, 5.74) is 0.229. The van der Waals surface area contributed by atoms with Crippen LogP contribution in [0.2, 0.25) is 10.0 Å². The minimum atomic E-state index is -4.24. The second kappa shape index (κ2) is 8.23. The first-order chi connectivity index (χ1) is 12.3. The van der Waals surface area contributed by atoms with E-state index in [1.807, 2.05) is 0 Å². The number of sulfone groups is 1. The molecule has 0 radical (unpaired) electrons. The molecule has 26 heavy (non-hydrogen) atoms. The molecule has 134 valence electrons. The van der Waals surface area contributed by atoms with Crippen LogP contribution in [0, 0.1) is 11.3 Å². The van der Waals surface area contributed by atoms with E-state index in [2.05, 4.69) is 0 Å². The number of aliphatic carboxylic acids is 1. The summed E-state index contributed by atoms with van der Waals surface area (Å²) in [6.45, 7) is -0.611. The predicted molar refractivity (Wildman–Crippen MR) is 96.8 cm³/mol. The molecule has 0 fully saturated rings. The maximum absolute atomic E-state index is 12.7. The molecule has 0 saturated heterocycles. The zero-order valence-corrected chi connectivity index (χ0v) is 15.3. The van der Waals surface area contributed by atoms with E-state index in [1.54, 1.807) is 18.2 Å². The predicted octanol–water partition coefficient (Wildman–Crippen LogP) is 3.80. The zero-order valence-electron chi connectivity index (χ0n) is 13.0. The van der Waals surface area contributed by atoms with Crippen molar-refractivity contribution in [2.45, 2.75) is 4.90 Å². The molecule has 2 rings (SSSR count). The fourth-order valence-electron chi connectivity index (χ4n) is 1.98. The van der Waals surface area contributed by atoms with Crippen molar-refractivity contribution >= 4 is 45.1 Å². The van der Waals surface area contributed by atoms with Crippen LogP contribution < -0.4 is 4.74 Å². The van der Waals surface area contributed by atoms with Gasteiger partial charge < -0.3 is 9.84 Å². The summed E-state index contributed by atoms with van der Waals surface area (Å²) in [5.74, 6) is -1.07. The summed E-state index contributed by atoms with van der Waals surface area (Å²) < 4.78 is 30.6. The van der Waals surface area contributed by atoms with Gasteiger partial charge in [0.15, 0.2) is 6.61 Å². The molecule has 6 nitrogen and oxygen atoms in total. The number of allylic oxidation sites excluding steroid dienone is 1. The molecule has 0 aliphatic carbocycles. The number of carbonyl (C=O) groups is 1. The smallest absolute Gasteiger partial charge is 0.341 e. The van der Waals surface area contributed by atoms with Gasteiger partial charge in [0.1, 0.15) is 16.7 Å². The molecule has 0 saturated carbocycles. The Bertz CT molecular complexity index is 1030. The third-order valence-electron chi connectivity index (χ3n) is 3.14. The summed E-state index contributed by atoms with van der Waals surface area (Å²) in [6, 6.07) is 11.6. The Kier molecular flexibility index (Phi) is 6.27. The van der Waals surface area contributed by atoms with Gasteiger partial charge in [-0.1, -0.05) is 41.4 Å². The van der Waals surface area contributed by atoms with E-state index >= 15 is 0 Å². The van der Waals surface area contributed by atoms with E-state index < -0.39 is 27.3 Å². The van der Waals surface area contributed by atoms with E-state index in [9.17, 15) is 18.5 Å². The lowest BCUT2D eigenvalue weighted by molar-refractivity contribution is -0.139.